The van der Waals surface area contributed by atoms with E-state index in [4.69, 9.17) is 0 Å². The van der Waals surface area contributed by atoms with Crippen LogP contribution < -0.4 is 0 Å². The quantitative estimate of drug-likeness (QED) is 0.102. The summed E-state index contributed by atoms with van der Waals surface area (Å²) in [6.07, 6.45) is 16.8. The van der Waals surface area contributed by atoms with E-state index in [-0.39, 0.29) is 10.5 Å². The largest absolute Gasteiger partial charge is 0.481 e. The van der Waals surface area contributed by atoms with Gasteiger partial charge in [-0.3, -0.25) is 4.79 Å². The average molecular weight is 548 g/mol. The maximum atomic E-state index is 11.7. The third-order valence-corrected chi connectivity index (χ3v) is 15.1. The van der Waals surface area contributed by atoms with Crippen LogP contribution in [-0.4, -0.2) is 39.8 Å². The lowest BCUT2D eigenvalue weighted by molar-refractivity contribution is -0.137. The second-order valence-corrected chi connectivity index (χ2v) is 17.7. The molecule has 200 valence electrons. The smallest absolute Gasteiger partial charge is 0.303 e. The fraction of sp³-hybridized carbons (Fsp3) is 0.581. The van der Waals surface area contributed by atoms with Crippen LogP contribution in [0.4, 0.5) is 0 Å². The fourth-order valence-corrected chi connectivity index (χ4v) is 13.1. The standard InChI is InChI=1S/C31H47O2PS2/c1-4-7-24-34(25-8-5-2,26-9-6-3)27-16-22-31(23-21-30(32)33,35-28-17-12-10-13-18-28)36-29-19-14-11-15-20-29/h10-15,17-20H,4-9,16,21-27H2,1-3H3/p+1. The maximum Gasteiger partial charge on any atom is 0.303 e. The Bertz CT molecular complexity index is 781. The lowest BCUT2D eigenvalue weighted by atomic mass is 10.1. The number of hydrogen-bond donors (Lipinski definition) is 1. The summed E-state index contributed by atoms with van der Waals surface area (Å²) in [5.74, 6) is -0.697. The number of unbranched alkanes of at least 4 members (excludes halogenated alkanes) is 3. The topological polar surface area (TPSA) is 37.3 Å². The second-order valence-electron chi connectivity index (χ2n) is 10.0. The van der Waals surface area contributed by atoms with Crippen molar-refractivity contribution in [1.29, 1.82) is 0 Å². The number of carbonyl (C=O) groups is 1. The Kier molecular flexibility index (Phi) is 15.2. The summed E-state index contributed by atoms with van der Waals surface area (Å²) in [6.45, 7) is 6.99. The van der Waals surface area contributed by atoms with Gasteiger partial charge < -0.3 is 5.11 Å². The van der Waals surface area contributed by atoms with Gasteiger partial charge in [-0.2, -0.15) is 0 Å². The minimum absolute atomic E-state index is 0.184. The van der Waals surface area contributed by atoms with Gasteiger partial charge in [0.05, 0.1) is 28.7 Å². The molecule has 2 aromatic rings. The van der Waals surface area contributed by atoms with Gasteiger partial charge in [-0.15, -0.1) is 23.5 Å². The minimum atomic E-state index is -0.970. The third-order valence-electron chi connectivity index (χ3n) is 6.96. The molecule has 2 nitrogen and oxygen atoms in total. The molecular formula is C31H48O2PS2+. The van der Waals surface area contributed by atoms with Crippen LogP contribution in [-0.2, 0) is 4.79 Å². The molecule has 0 spiro atoms. The zero-order valence-corrected chi connectivity index (χ0v) is 25.3. The third kappa shape index (κ3) is 11.6. The number of carboxylic acid groups (broad SMARTS) is 1. The van der Waals surface area contributed by atoms with Crippen LogP contribution in [0.2, 0.25) is 0 Å². The van der Waals surface area contributed by atoms with Crippen molar-refractivity contribution in [3.05, 3.63) is 60.7 Å². The summed E-state index contributed by atoms with van der Waals surface area (Å²) >= 11 is 3.78. The molecule has 2 rings (SSSR count). The van der Waals surface area contributed by atoms with Gasteiger partial charge in [0.1, 0.15) is 0 Å². The van der Waals surface area contributed by atoms with Gasteiger partial charge in [0, 0.05) is 23.5 Å². The normalized spacial score (nSPS) is 12.1. The van der Waals surface area contributed by atoms with Crippen molar-refractivity contribution in [3.63, 3.8) is 0 Å². The first kappa shape index (κ1) is 31.3. The molecule has 0 atom stereocenters. The zero-order valence-electron chi connectivity index (χ0n) is 22.8. The Morgan fingerprint density at radius 2 is 1.11 bits per heavy atom. The number of carboxylic acids is 1. The predicted octanol–water partition coefficient (Wildman–Crippen LogP) is 10.3. The lowest BCUT2D eigenvalue weighted by Crippen LogP contribution is -2.23. The first-order valence-electron chi connectivity index (χ1n) is 14.0. The first-order valence-corrected chi connectivity index (χ1v) is 18.2. The van der Waals surface area contributed by atoms with Gasteiger partial charge in [0.25, 0.3) is 0 Å². The molecule has 2 aromatic carbocycles. The van der Waals surface area contributed by atoms with Gasteiger partial charge >= 0.3 is 5.97 Å². The van der Waals surface area contributed by atoms with Crippen molar-refractivity contribution in [2.75, 3.05) is 24.6 Å². The van der Waals surface area contributed by atoms with E-state index in [1.165, 1.54) is 79.4 Å². The van der Waals surface area contributed by atoms with Crippen LogP contribution in [0.25, 0.3) is 0 Å². The molecule has 0 saturated heterocycles. The molecule has 0 aliphatic carbocycles. The van der Waals surface area contributed by atoms with Crippen molar-refractivity contribution >= 4 is 36.8 Å². The van der Waals surface area contributed by atoms with Crippen molar-refractivity contribution in [2.24, 2.45) is 0 Å². The number of aliphatic carboxylic acids is 1. The highest BCUT2D eigenvalue weighted by molar-refractivity contribution is 8.18. The van der Waals surface area contributed by atoms with Gasteiger partial charge in [0.15, 0.2) is 0 Å². The fourth-order valence-electron chi connectivity index (χ4n) is 4.89. The predicted molar refractivity (Wildman–Crippen MR) is 165 cm³/mol. The molecule has 0 aromatic heterocycles. The summed E-state index contributed by atoms with van der Waals surface area (Å²) in [4.78, 5) is 14.2. The molecule has 0 amide bonds. The average Bonchev–Trinajstić information content (AvgIpc) is 2.89. The van der Waals surface area contributed by atoms with E-state index in [2.05, 4.69) is 81.4 Å². The molecule has 0 saturated carbocycles. The van der Waals surface area contributed by atoms with Crippen LogP contribution in [0.1, 0.15) is 85.0 Å². The van der Waals surface area contributed by atoms with Crippen molar-refractivity contribution < 1.29 is 9.90 Å². The molecule has 36 heavy (non-hydrogen) atoms. The number of benzene rings is 2. The summed E-state index contributed by atoms with van der Waals surface area (Å²) in [6, 6.07) is 21.2. The van der Waals surface area contributed by atoms with Crippen molar-refractivity contribution in [1.82, 2.24) is 0 Å². The van der Waals surface area contributed by atoms with E-state index in [0.29, 0.717) is 6.42 Å². The molecule has 0 unspecified atom stereocenters. The van der Waals surface area contributed by atoms with E-state index in [1.54, 1.807) is 0 Å². The molecular weight excluding hydrogens is 499 g/mol. The van der Waals surface area contributed by atoms with Crippen LogP contribution in [0, 0.1) is 0 Å². The first-order chi connectivity index (χ1) is 17.5. The number of thioether (sulfide) groups is 2. The van der Waals surface area contributed by atoms with Crippen molar-refractivity contribution in [2.45, 2.75) is 98.8 Å². The van der Waals surface area contributed by atoms with Crippen LogP contribution in [0.15, 0.2) is 70.5 Å². The van der Waals surface area contributed by atoms with E-state index in [1.807, 2.05) is 23.5 Å². The van der Waals surface area contributed by atoms with E-state index in [0.717, 1.165) is 6.42 Å². The minimum Gasteiger partial charge on any atom is -0.481 e. The van der Waals surface area contributed by atoms with E-state index >= 15 is 0 Å². The van der Waals surface area contributed by atoms with Crippen LogP contribution >= 0.6 is 30.8 Å². The molecule has 0 radical (unpaired) electrons. The highest BCUT2D eigenvalue weighted by atomic mass is 32.2. The molecule has 0 heterocycles. The molecule has 0 aliphatic heterocycles. The number of hydrogen-bond acceptors (Lipinski definition) is 3. The van der Waals surface area contributed by atoms with Crippen LogP contribution in [0.5, 0.6) is 0 Å². The lowest BCUT2D eigenvalue weighted by Gasteiger charge is -2.34. The summed E-state index contributed by atoms with van der Waals surface area (Å²) in [7, 11) is -0.970. The Hall–Kier alpha value is -0.960. The molecule has 1 N–H and O–H groups in total. The SMILES string of the molecule is CCCC[P+](CCCC)(CCCC)CCCC(CCC(=O)O)(Sc1ccccc1)Sc1ccccc1. The Morgan fingerprint density at radius 1 is 0.694 bits per heavy atom. The van der Waals surface area contributed by atoms with E-state index in [9.17, 15) is 9.90 Å². The monoisotopic (exact) mass is 547 g/mol. The highest BCUT2D eigenvalue weighted by Gasteiger charge is 2.38. The zero-order chi connectivity index (χ0) is 26.1. The molecule has 5 heteroatoms. The van der Waals surface area contributed by atoms with Gasteiger partial charge in [-0.25, -0.2) is 0 Å². The molecule has 0 bridgehead atoms. The Labute approximate surface area is 230 Å². The van der Waals surface area contributed by atoms with Gasteiger partial charge in [-0.1, -0.05) is 76.4 Å². The van der Waals surface area contributed by atoms with Gasteiger partial charge in [0.2, 0.25) is 0 Å². The molecule has 0 aliphatic rings. The van der Waals surface area contributed by atoms with Crippen LogP contribution in [0.3, 0.4) is 0 Å². The summed E-state index contributed by atoms with van der Waals surface area (Å²) in [5.41, 5.74) is 0. The Morgan fingerprint density at radius 3 is 1.50 bits per heavy atom. The number of rotatable bonds is 20. The Balaban J connectivity index is 2.31. The highest BCUT2D eigenvalue weighted by Crippen LogP contribution is 2.62. The summed E-state index contributed by atoms with van der Waals surface area (Å²) in [5, 5.41) is 9.64. The molecule has 0 fully saturated rings. The van der Waals surface area contributed by atoms with Crippen molar-refractivity contribution in [3.8, 4) is 0 Å². The maximum absolute atomic E-state index is 11.7. The van der Waals surface area contributed by atoms with Gasteiger partial charge in [-0.05, 0) is 62.8 Å². The van der Waals surface area contributed by atoms with E-state index < -0.39 is 13.2 Å². The second kappa shape index (κ2) is 17.5. The summed E-state index contributed by atoms with van der Waals surface area (Å²) < 4.78 is -0.184.